The predicted octanol–water partition coefficient (Wildman–Crippen LogP) is 2.71. The van der Waals surface area contributed by atoms with Gasteiger partial charge in [-0.15, -0.1) is 12.4 Å². The molecule has 6 heteroatoms. The lowest BCUT2D eigenvalue weighted by atomic mass is 9.91. The third-order valence-electron chi connectivity index (χ3n) is 5.26. The van der Waals surface area contributed by atoms with Crippen LogP contribution >= 0.6 is 12.4 Å². The Kier molecular flexibility index (Phi) is 6.61. The van der Waals surface area contributed by atoms with Crippen molar-refractivity contribution in [2.75, 3.05) is 19.8 Å². The molecule has 24 heavy (non-hydrogen) atoms. The largest absolute Gasteiger partial charge is 0.381 e. The van der Waals surface area contributed by atoms with E-state index in [1.54, 1.807) is 0 Å². The zero-order valence-electron chi connectivity index (χ0n) is 14.0. The average Bonchev–Trinajstić information content (AvgIpc) is 2.96. The van der Waals surface area contributed by atoms with Crippen molar-refractivity contribution >= 4 is 18.3 Å². The lowest BCUT2D eigenvalue weighted by Crippen LogP contribution is -2.50. The summed E-state index contributed by atoms with van der Waals surface area (Å²) in [5, 5.41) is 0. The van der Waals surface area contributed by atoms with Crippen LogP contribution in [0.4, 0.5) is 4.39 Å². The van der Waals surface area contributed by atoms with Crippen LogP contribution in [0.1, 0.15) is 37.7 Å². The van der Waals surface area contributed by atoms with Crippen LogP contribution < -0.4 is 5.73 Å². The maximum atomic E-state index is 13.1. The number of halogens is 2. The third kappa shape index (κ3) is 4.08. The number of carbonyl (C=O) groups is 1. The molecule has 2 aliphatic heterocycles. The number of ether oxygens (including phenoxy) is 1. The highest BCUT2D eigenvalue weighted by Crippen LogP contribution is 2.33. The molecule has 2 N–H and O–H groups in total. The SMILES string of the molecule is CC1CC(c2ccc(F)cc2)CN1C(=O)C(N)C1CCOCC1.Cl. The molecule has 2 fully saturated rings. The summed E-state index contributed by atoms with van der Waals surface area (Å²) >= 11 is 0. The molecule has 2 heterocycles. The van der Waals surface area contributed by atoms with Crippen LogP contribution in [0.5, 0.6) is 0 Å². The molecule has 2 saturated heterocycles. The Balaban J connectivity index is 0.00000208. The van der Waals surface area contributed by atoms with Gasteiger partial charge in [0.05, 0.1) is 6.04 Å². The minimum absolute atomic E-state index is 0. The van der Waals surface area contributed by atoms with Gasteiger partial charge in [0.1, 0.15) is 5.82 Å². The van der Waals surface area contributed by atoms with Crippen molar-refractivity contribution in [1.29, 1.82) is 0 Å². The topological polar surface area (TPSA) is 55.6 Å². The second-order valence-electron chi connectivity index (χ2n) is 6.80. The van der Waals surface area contributed by atoms with E-state index in [9.17, 15) is 9.18 Å². The monoisotopic (exact) mass is 356 g/mol. The van der Waals surface area contributed by atoms with Crippen LogP contribution in [0, 0.1) is 11.7 Å². The van der Waals surface area contributed by atoms with Gasteiger partial charge in [0.15, 0.2) is 0 Å². The Labute approximate surface area is 148 Å². The summed E-state index contributed by atoms with van der Waals surface area (Å²) in [5.41, 5.74) is 7.33. The van der Waals surface area contributed by atoms with Crippen molar-refractivity contribution in [1.82, 2.24) is 4.90 Å². The van der Waals surface area contributed by atoms with Crippen molar-refractivity contribution in [3.63, 3.8) is 0 Å². The highest BCUT2D eigenvalue weighted by Gasteiger charge is 2.37. The molecule has 3 atom stereocenters. The van der Waals surface area contributed by atoms with E-state index in [1.807, 2.05) is 17.0 Å². The fourth-order valence-corrected chi connectivity index (χ4v) is 3.78. The number of nitrogens with two attached hydrogens (primary N) is 1. The summed E-state index contributed by atoms with van der Waals surface area (Å²) in [4.78, 5) is 14.7. The Bertz CT molecular complexity index is 548. The molecule has 2 aliphatic rings. The van der Waals surface area contributed by atoms with E-state index in [0.29, 0.717) is 19.8 Å². The molecular formula is C18H26ClFN2O2. The molecular weight excluding hydrogens is 331 g/mol. The second-order valence-corrected chi connectivity index (χ2v) is 6.80. The van der Waals surface area contributed by atoms with Gasteiger partial charge in [0.2, 0.25) is 5.91 Å². The number of hydrogen-bond donors (Lipinski definition) is 1. The van der Waals surface area contributed by atoms with E-state index >= 15 is 0 Å². The molecule has 4 nitrogen and oxygen atoms in total. The number of amides is 1. The summed E-state index contributed by atoms with van der Waals surface area (Å²) in [6.07, 6.45) is 2.62. The Morgan fingerprint density at radius 2 is 1.92 bits per heavy atom. The maximum absolute atomic E-state index is 13.1. The van der Waals surface area contributed by atoms with Gasteiger partial charge in [-0.25, -0.2) is 4.39 Å². The van der Waals surface area contributed by atoms with E-state index < -0.39 is 6.04 Å². The maximum Gasteiger partial charge on any atom is 0.240 e. The molecule has 1 aromatic carbocycles. The van der Waals surface area contributed by atoms with Crippen molar-refractivity contribution in [2.45, 2.75) is 44.2 Å². The normalized spacial score (nSPS) is 26.0. The molecule has 0 saturated carbocycles. The molecule has 1 amide bonds. The number of benzene rings is 1. The van der Waals surface area contributed by atoms with Crippen LogP contribution in [-0.2, 0) is 9.53 Å². The first-order valence-corrected chi connectivity index (χ1v) is 8.45. The van der Waals surface area contributed by atoms with Gasteiger partial charge in [0.25, 0.3) is 0 Å². The summed E-state index contributed by atoms with van der Waals surface area (Å²) < 4.78 is 18.4. The number of nitrogens with zero attached hydrogens (tertiary/aromatic N) is 1. The number of rotatable bonds is 3. The highest BCUT2D eigenvalue weighted by atomic mass is 35.5. The van der Waals surface area contributed by atoms with Crippen LogP contribution in [-0.4, -0.2) is 42.6 Å². The quantitative estimate of drug-likeness (QED) is 0.906. The van der Waals surface area contributed by atoms with Gasteiger partial charge in [0, 0.05) is 31.7 Å². The van der Waals surface area contributed by atoms with Gasteiger partial charge < -0.3 is 15.4 Å². The first-order valence-electron chi connectivity index (χ1n) is 8.45. The van der Waals surface area contributed by atoms with Crippen molar-refractivity contribution in [3.8, 4) is 0 Å². The fourth-order valence-electron chi connectivity index (χ4n) is 3.78. The zero-order chi connectivity index (χ0) is 16.4. The second kappa shape index (κ2) is 8.28. The van der Waals surface area contributed by atoms with Crippen LogP contribution in [0.15, 0.2) is 24.3 Å². The van der Waals surface area contributed by atoms with Crippen LogP contribution in [0.2, 0.25) is 0 Å². The molecule has 0 aromatic heterocycles. The number of hydrogen-bond acceptors (Lipinski definition) is 3. The van der Waals surface area contributed by atoms with E-state index in [0.717, 1.165) is 24.8 Å². The Morgan fingerprint density at radius 1 is 1.29 bits per heavy atom. The van der Waals surface area contributed by atoms with Gasteiger partial charge in [-0.1, -0.05) is 12.1 Å². The van der Waals surface area contributed by atoms with Gasteiger partial charge in [-0.05, 0) is 49.8 Å². The summed E-state index contributed by atoms with van der Waals surface area (Å²) in [6.45, 7) is 4.12. The predicted molar refractivity (Wildman–Crippen MR) is 93.7 cm³/mol. The standard InChI is InChI=1S/C18H25FN2O2.ClH/c1-12-10-15(13-2-4-16(19)5-3-13)11-21(12)18(22)17(20)14-6-8-23-9-7-14;/h2-5,12,14-15,17H,6-11,20H2,1H3;1H. The smallest absolute Gasteiger partial charge is 0.240 e. The molecule has 0 spiro atoms. The van der Waals surface area contributed by atoms with Crippen molar-refractivity contribution in [3.05, 3.63) is 35.6 Å². The lowest BCUT2D eigenvalue weighted by molar-refractivity contribution is -0.135. The minimum atomic E-state index is -0.437. The third-order valence-corrected chi connectivity index (χ3v) is 5.26. The molecule has 0 aliphatic carbocycles. The van der Waals surface area contributed by atoms with E-state index in [2.05, 4.69) is 6.92 Å². The highest BCUT2D eigenvalue weighted by molar-refractivity contribution is 5.85. The molecule has 0 bridgehead atoms. The summed E-state index contributed by atoms with van der Waals surface area (Å²) in [6, 6.07) is 6.34. The van der Waals surface area contributed by atoms with Crippen LogP contribution in [0.25, 0.3) is 0 Å². The van der Waals surface area contributed by atoms with Gasteiger partial charge in [-0.2, -0.15) is 0 Å². The molecule has 3 unspecified atom stereocenters. The number of carbonyl (C=O) groups excluding carboxylic acids is 1. The average molecular weight is 357 g/mol. The molecule has 1 aromatic rings. The first kappa shape index (κ1) is 19.2. The van der Waals surface area contributed by atoms with Gasteiger partial charge in [-0.3, -0.25) is 4.79 Å². The van der Waals surface area contributed by atoms with Crippen LogP contribution in [0.3, 0.4) is 0 Å². The Morgan fingerprint density at radius 3 is 2.54 bits per heavy atom. The summed E-state index contributed by atoms with van der Waals surface area (Å²) in [7, 11) is 0. The van der Waals surface area contributed by atoms with E-state index in [4.69, 9.17) is 10.5 Å². The fraction of sp³-hybridized carbons (Fsp3) is 0.611. The van der Waals surface area contributed by atoms with Crippen molar-refractivity contribution in [2.24, 2.45) is 11.7 Å². The molecule has 3 rings (SSSR count). The zero-order valence-corrected chi connectivity index (χ0v) is 14.8. The molecule has 134 valence electrons. The summed E-state index contributed by atoms with van der Waals surface area (Å²) in [5.74, 6) is 0.299. The lowest BCUT2D eigenvalue weighted by Gasteiger charge is -2.31. The van der Waals surface area contributed by atoms with Gasteiger partial charge >= 0.3 is 0 Å². The van der Waals surface area contributed by atoms with Crippen molar-refractivity contribution < 1.29 is 13.9 Å². The van der Waals surface area contributed by atoms with E-state index in [-0.39, 0.29) is 42.0 Å². The number of likely N-dealkylation sites (tertiary alicyclic amines) is 1. The Hall–Kier alpha value is -1.17. The first-order chi connectivity index (χ1) is 11.1. The molecule has 0 radical (unpaired) electrons. The minimum Gasteiger partial charge on any atom is -0.381 e. The van der Waals surface area contributed by atoms with E-state index in [1.165, 1.54) is 12.1 Å².